The lowest BCUT2D eigenvalue weighted by molar-refractivity contribution is 0.207. The third kappa shape index (κ3) is 2.56. The Bertz CT molecular complexity index is 507. The van der Waals surface area contributed by atoms with Gasteiger partial charge in [-0.25, -0.2) is 4.39 Å². The third-order valence-electron chi connectivity index (χ3n) is 2.53. The van der Waals surface area contributed by atoms with E-state index in [2.05, 4.69) is 21.0 Å². The van der Waals surface area contributed by atoms with Crippen molar-refractivity contribution in [2.24, 2.45) is 0 Å². The van der Waals surface area contributed by atoms with E-state index in [1.54, 1.807) is 23.0 Å². The molecule has 0 aliphatic carbocycles. The Balaban J connectivity index is 2.39. The third-order valence-corrected chi connectivity index (χ3v) is 2.99. The average Bonchev–Trinajstić information content (AvgIpc) is 2.74. The molecule has 1 unspecified atom stereocenters. The Kier molecular flexibility index (Phi) is 3.59. The van der Waals surface area contributed by atoms with Crippen LogP contribution < -0.4 is 0 Å². The van der Waals surface area contributed by atoms with Crippen molar-refractivity contribution in [1.82, 2.24) is 9.78 Å². The van der Waals surface area contributed by atoms with Gasteiger partial charge in [-0.15, -0.1) is 0 Å². The summed E-state index contributed by atoms with van der Waals surface area (Å²) >= 11 is 3.21. The van der Waals surface area contributed by atoms with Gasteiger partial charge < -0.3 is 5.11 Å². The van der Waals surface area contributed by atoms with Crippen molar-refractivity contribution in [3.63, 3.8) is 0 Å². The molecule has 0 amide bonds. The maximum absolute atomic E-state index is 13.2. The Hall–Kier alpha value is -1.20. The maximum atomic E-state index is 13.2. The monoisotopic (exact) mass is 298 g/mol. The minimum absolute atomic E-state index is 0.379. The molecule has 0 radical (unpaired) electrons. The molecule has 1 atom stereocenters. The zero-order valence-electron chi connectivity index (χ0n) is 9.27. The number of benzene rings is 1. The molecule has 0 aliphatic heterocycles. The summed E-state index contributed by atoms with van der Waals surface area (Å²) < 4.78 is 15.5. The first-order valence-electron chi connectivity index (χ1n) is 5.27. The lowest BCUT2D eigenvalue weighted by Crippen LogP contribution is -2.09. The molecule has 0 spiro atoms. The maximum Gasteiger partial charge on any atom is 0.124 e. The zero-order chi connectivity index (χ0) is 12.4. The highest BCUT2D eigenvalue weighted by atomic mass is 79.9. The van der Waals surface area contributed by atoms with E-state index in [-0.39, 0.29) is 5.82 Å². The summed E-state index contributed by atoms with van der Waals surface area (Å²) in [4.78, 5) is 0. The van der Waals surface area contributed by atoms with Gasteiger partial charge in [-0.3, -0.25) is 4.68 Å². The number of hydrogen-bond donors (Lipinski definition) is 1. The zero-order valence-corrected chi connectivity index (χ0v) is 10.9. The topological polar surface area (TPSA) is 38.0 Å². The van der Waals surface area contributed by atoms with Gasteiger partial charge in [-0.05, 0) is 36.8 Å². The average molecular weight is 299 g/mol. The molecule has 5 heteroatoms. The minimum atomic E-state index is -0.871. The molecule has 1 aromatic carbocycles. The summed E-state index contributed by atoms with van der Waals surface area (Å²) in [5.41, 5.74) is 1.16. The molecule has 0 saturated heterocycles. The first-order valence-corrected chi connectivity index (χ1v) is 6.07. The van der Waals surface area contributed by atoms with Crippen LogP contribution in [0.1, 0.15) is 24.3 Å². The van der Waals surface area contributed by atoms with E-state index in [1.807, 2.05) is 6.92 Å². The molecule has 0 bridgehead atoms. The van der Waals surface area contributed by atoms with Gasteiger partial charge in [0.25, 0.3) is 0 Å². The first-order chi connectivity index (χ1) is 8.11. The summed E-state index contributed by atoms with van der Waals surface area (Å²) in [5.74, 6) is -0.379. The predicted molar refractivity (Wildman–Crippen MR) is 66.1 cm³/mol. The second-order valence-electron chi connectivity index (χ2n) is 3.68. The van der Waals surface area contributed by atoms with Crippen molar-refractivity contribution in [3.8, 4) is 0 Å². The van der Waals surface area contributed by atoms with Crippen LogP contribution >= 0.6 is 15.9 Å². The van der Waals surface area contributed by atoms with Crippen LogP contribution in [0.2, 0.25) is 0 Å². The molecular formula is C12H12BrFN2O. The number of nitrogens with zero attached hydrogens (tertiary/aromatic N) is 2. The van der Waals surface area contributed by atoms with E-state index in [0.717, 1.165) is 0 Å². The number of aliphatic hydroxyl groups is 1. The summed E-state index contributed by atoms with van der Waals surface area (Å²) in [6, 6.07) is 6.10. The first kappa shape index (κ1) is 12.3. The molecule has 1 heterocycles. The van der Waals surface area contributed by atoms with Gasteiger partial charge in [0.1, 0.15) is 11.9 Å². The molecule has 2 rings (SSSR count). The van der Waals surface area contributed by atoms with Gasteiger partial charge in [0.2, 0.25) is 0 Å². The van der Waals surface area contributed by atoms with Gasteiger partial charge in [0.15, 0.2) is 0 Å². The molecule has 2 aromatic rings. The molecule has 0 fully saturated rings. The number of aryl methyl sites for hydroxylation is 1. The Morgan fingerprint density at radius 2 is 2.24 bits per heavy atom. The Morgan fingerprint density at radius 3 is 2.88 bits per heavy atom. The normalized spacial score (nSPS) is 12.7. The second kappa shape index (κ2) is 4.98. The van der Waals surface area contributed by atoms with Crippen molar-refractivity contribution in [1.29, 1.82) is 0 Å². The summed E-state index contributed by atoms with van der Waals surface area (Å²) in [6.07, 6.45) is 0.751. The van der Waals surface area contributed by atoms with Gasteiger partial charge in [-0.1, -0.05) is 15.9 Å². The number of aromatic nitrogens is 2. The van der Waals surface area contributed by atoms with E-state index in [0.29, 0.717) is 22.3 Å². The van der Waals surface area contributed by atoms with Crippen LogP contribution in [0.5, 0.6) is 0 Å². The van der Waals surface area contributed by atoms with Gasteiger partial charge in [-0.2, -0.15) is 5.10 Å². The number of hydrogen-bond acceptors (Lipinski definition) is 2. The van der Waals surface area contributed by atoms with Crippen LogP contribution in [0.4, 0.5) is 4.39 Å². The lowest BCUT2D eigenvalue weighted by atomic mass is 10.1. The number of rotatable bonds is 3. The fraction of sp³-hybridized carbons (Fsp3) is 0.250. The highest BCUT2D eigenvalue weighted by Gasteiger charge is 2.16. The van der Waals surface area contributed by atoms with Crippen LogP contribution in [-0.4, -0.2) is 14.9 Å². The summed E-state index contributed by atoms with van der Waals surface area (Å²) in [5, 5.41) is 14.3. The highest BCUT2D eigenvalue weighted by molar-refractivity contribution is 9.10. The largest absolute Gasteiger partial charge is 0.382 e. The molecule has 17 heavy (non-hydrogen) atoms. The molecule has 1 aromatic heterocycles. The Morgan fingerprint density at radius 1 is 1.47 bits per heavy atom. The van der Waals surface area contributed by atoms with E-state index in [9.17, 15) is 9.50 Å². The standard InChI is InChI=1S/C12H12BrFN2O/c1-2-16-11(3-4-15-16)12(17)8-5-9(13)7-10(14)6-8/h3-7,12,17H,2H2,1H3. The molecule has 0 saturated carbocycles. The second-order valence-corrected chi connectivity index (χ2v) is 4.59. The summed E-state index contributed by atoms with van der Waals surface area (Å²) in [7, 11) is 0. The van der Waals surface area contributed by atoms with Crippen molar-refractivity contribution in [3.05, 3.63) is 52.0 Å². The van der Waals surface area contributed by atoms with Crippen molar-refractivity contribution < 1.29 is 9.50 Å². The van der Waals surface area contributed by atoms with Crippen LogP contribution in [-0.2, 0) is 6.54 Å². The van der Waals surface area contributed by atoms with Crippen LogP contribution in [0.15, 0.2) is 34.9 Å². The molecule has 90 valence electrons. The summed E-state index contributed by atoms with van der Waals surface area (Å²) in [6.45, 7) is 2.60. The molecule has 3 nitrogen and oxygen atoms in total. The lowest BCUT2D eigenvalue weighted by Gasteiger charge is -2.13. The fourth-order valence-corrected chi connectivity index (χ4v) is 2.23. The van der Waals surface area contributed by atoms with Crippen LogP contribution in [0.3, 0.4) is 0 Å². The smallest absolute Gasteiger partial charge is 0.124 e. The van der Waals surface area contributed by atoms with Gasteiger partial charge in [0.05, 0.1) is 5.69 Å². The van der Waals surface area contributed by atoms with Crippen LogP contribution in [0, 0.1) is 5.82 Å². The molecule has 1 N–H and O–H groups in total. The minimum Gasteiger partial charge on any atom is -0.382 e. The van der Waals surface area contributed by atoms with E-state index < -0.39 is 6.10 Å². The Labute approximate surface area is 107 Å². The predicted octanol–water partition coefficient (Wildman–Crippen LogP) is 2.89. The SMILES string of the molecule is CCn1nccc1C(O)c1cc(F)cc(Br)c1. The van der Waals surface area contributed by atoms with Gasteiger partial charge >= 0.3 is 0 Å². The van der Waals surface area contributed by atoms with Crippen molar-refractivity contribution in [2.75, 3.05) is 0 Å². The van der Waals surface area contributed by atoms with E-state index >= 15 is 0 Å². The number of aliphatic hydroxyl groups excluding tert-OH is 1. The number of halogens is 2. The van der Waals surface area contributed by atoms with Crippen molar-refractivity contribution in [2.45, 2.75) is 19.6 Å². The van der Waals surface area contributed by atoms with Crippen molar-refractivity contribution >= 4 is 15.9 Å². The van der Waals surface area contributed by atoms with E-state index in [1.165, 1.54) is 12.1 Å². The van der Waals surface area contributed by atoms with Crippen LogP contribution in [0.25, 0.3) is 0 Å². The van der Waals surface area contributed by atoms with Gasteiger partial charge in [0, 0.05) is 17.2 Å². The fourth-order valence-electron chi connectivity index (χ4n) is 1.74. The van der Waals surface area contributed by atoms with E-state index in [4.69, 9.17) is 0 Å². The molecule has 0 aliphatic rings. The quantitative estimate of drug-likeness (QED) is 0.946. The highest BCUT2D eigenvalue weighted by Crippen LogP contribution is 2.25. The molecular weight excluding hydrogens is 287 g/mol.